The predicted molar refractivity (Wildman–Crippen MR) is 109 cm³/mol. The van der Waals surface area contributed by atoms with Gasteiger partial charge in [-0.1, -0.05) is 0 Å². The number of nitrogens with zero attached hydrogens (tertiary/aromatic N) is 1. The molecule has 0 fully saturated rings. The van der Waals surface area contributed by atoms with Crippen LogP contribution < -0.4 is 10.1 Å². The Kier molecular flexibility index (Phi) is 8.82. The molecule has 1 atom stereocenters. The van der Waals surface area contributed by atoms with E-state index < -0.39 is 11.2 Å². The number of aryl methyl sites for hydroxylation is 1. The number of ether oxygens (including phenoxy) is 2. The van der Waals surface area contributed by atoms with E-state index in [1.165, 1.54) is 0 Å². The Balaban J connectivity index is 1.82. The van der Waals surface area contributed by atoms with Crippen LogP contribution in [-0.2, 0) is 26.5 Å². The third kappa shape index (κ3) is 7.18. The molecule has 2 aromatic rings. The molecular weight excluding hydrogens is 380 g/mol. The van der Waals surface area contributed by atoms with Crippen LogP contribution in [0.5, 0.6) is 5.75 Å². The summed E-state index contributed by atoms with van der Waals surface area (Å²) in [5.74, 6) is 1.69. The maximum atomic E-state index is 12.3. The van der Waals surface area contributed by atoms with Gasteiger partial charge in [-0.15, -0.1) is 0 Å². The third-order valence-corrected chi connectivity index (χ3v) is 5.09. The predicted octanol–water partition coefficient (Wildman–Crippen LogP) is 2.84. The fraction of sp³-hybridized carbons (Fsp3) is 0.500. The highest BCUT2D eigenvalue weighted by Gasteiger charge is 2.19. The van der Waals surface area contributed by atoms with Gasteiger partial charge in [0.05, 0.1) is 13.2 Å². The van der Waals surface area contributed by atoms with Gasteiger partial charge in [-0.2, -0.15) is 0 Å². The summed E-state index contributed by atoms with van der Waals surface area (Å²) in [6.45, 7) is 6.81. The van der Waals surface area contributed by atoms with Crippen molar-refractivity contribution in [1.29, 1.82) is 0 Å². The minimum absolute atomic E-state index is 0.0603. The Labute approximate surface area is 169 Å². The lowest BCUT2D eigenvalue weighted by molar-refractivity contribution is -0.118. The summed E-state index contributed by atoms with van der Waals surface area (Å²) in [7, 11) is 1.60. The second-order valence-corrected chi connectivity index (χ2v) is 8.06. The molecule has 1 N–H and O–H groups in total. The number of oxazole rings is 1. The van der Waals surface area contributed by atoms with Crippen LogP contribution >= 0.6 is 0 Å². The van der Waals surface area contributed by atoms with E-state index in [4.69, 9.17) is 13.9 Å². The molecule has 1 amide bonds. The number of hydrogen-bond donors (Lipinski definition) is 1. The Hall–Kier alpha value is -2.03. The number of rotatable bonds is 11. The molecular formula is C20H28N2O5S. The molecule has 154 valence electrons. The molecule has 1 unspecified atom stereocenters. The number of amides is 1. The van der Waals surface area contributed by atoms with Crippen LogP contribution in [0, 0.1) is 6.92 Å². The van der Waals surface area contributed by atoms with Gasteiger partial charge < -0.3 is 23.8 Å². The van der Waals surface area contributed by atoms with Crippen LogP contribution in [-0.4, -0.2) is 47.6 Å². The van der Waals surface area contributed by atoms with Crippen molar-refractivity contribution in [2.75, 3.05) is 26.0 Å². The normalized spacial score (nSPS) is 12.2. The molecule has 1 aromatic heterocycles. The minimum Gasteiger partial charge on any atom is -0.616 e. The summed E-state index contributed by atoms with van der Waals surface area (Å²) >= 11 is -1.36. The third-order valence-electron chi connectivity index (χ3n) is 3.91. The SMILES string of the molecule is COc1ccc(-c2nc(C[S+]([O-])CC(=O)NCCCOC(C)C)c(C)o2)cc1. The summed E-state index contributed by atoms with van der Waals surface area (Å²) < 4.78 is 28.6. The maximum absolute atomic E-state index is 12.3. The Morgan fingerprint density at radius 2 is 2.04 bits per heavy atom. The van der Waals surface area contributed by atoms with Gasteiger partial charge in [0, 0.05) is 18.7 Å². The van der Waals surface area contributed by atoms with Crippen molar-refractivity contribution >= 4 is 17.1 Å². The van der Waals surface area contributed by atoms with Crippen molar-refractivity contribution in [2.45, 2.75) is 39.0 Å². The first-order valence-corrected chi connectivity index (χ1v) is 10.7. The molecule has 0 bridgehead atoms. The van der Waals surface area contributed by atoms with Gasteiger partial charge in [-0.25, -0.2) is 4.98 Å². The maximum Gasteiger partial charge on any atom is 0.269 e. The number of aromatic nitrogens is 1. The summed E-state index contributed by atoms with van der Waals surface area (Å²) in [5.41, 5.74) is 1.41. The zero-order valence-electron chi connectivity index (χ0n) is 16.8. The second kappa shape index (κ2) is 11.1. The molecule has 8 heteroatoms. The van der Waals surface area contributed by atoms with Gasteiger partial charge in [-0.3, -0.25) is 4.79 Å². The Morgan fingerprint density at radius 3 is 2.68 bits per heavy atom. The molecule has 0 spiro atoms. The summed E-state index contributed by atoms with van der Waals surface area (Å²) in [6, 6.07) is 7.34. The van der Waals surface area contributed by atoms with Crippen LogP contribution in [0.2, 0.25) is 0 Å². The molecule has 2 rings (SSSR count). The Morgan fingerprint density at radius 1 is 1.32 bits per heavy atom. The fourth-order valence-electron chi connectivity index (χ4n) is 2.44. The smallest absolute Gasteiger partial charge is 0.269 e. The molecule has 0 saturated heterocycles. The fourth-order valence-corrected chi connectivity index (χ4v) is 3.51. The van der Waals surface area contributed by atoms with Crippen LogP contribution in [0.1, 0.15) is 31.7 Å². The minimum atomic E-state index is -1.36. The zero-order valence-corrected chi connectivity index (χ0v) is 17.6. The topological polar surface area (TPSA) is 96.7 Å². The molecule has 1 aromatic carbocycles. The summed E-state index contributed by atoms with van der Waals surface area (Å²) in [5, 5.41) is 2.76. The lowest BCUT2D eigenvalue weighted by Crippen LogP contribution is -2.32. The summed E-state index contributed by atoms with van der Waals surface area (Å²) in [6.07, 6.45) is 0.904. The van der Waals surface area contributed by atoms with E-state index >= 15 is 0 Å². The van der Waals surface area contributed by atoms with Gasteiger partial charge in [0.1, 0.15) is 17.2 Å². The molecule has 0 aliphatic rings. The first kappa shape index (κ1) is 22.3. The van der Waals surface area contributed by atoms with Crippen molar-refractivity contribution in [2.24, 2.45) is 0 Å². The first-order chi connectivity index (χ1) is 13.4. The van der Waals surface area contributed by atoms with Gasteiger partial charge in [0.25, 0.3) is 5.91 Å². The van der Waals surface area contributed by atoms with Crippen molar-refractivity contribution < 1.29 is 23.2 Å². The zero-order chi connectivity index (χ0) is 20.5. The van der Waals surface area contributed by atoms with Crippen LogP contribution in [0.4, 0.5) is 0 Å². The molecule has 0 radical (unpaired) electrons. The monoisotopic (exact) mass is 408 g/mol. The molecule has 1 heterocycles. The average molecular weight is 409 g/mol. The highest BCUT2D eigenvalue weighted by Crippen LogP contribution is 2.24. The number of benzene rings is 1. The second-order valence-electron chi connectivity index (χ2n) is 6.60. The Bertz CT molecular complexity index is 746. The number of hydrogen-bond acceptors (Lipinski definition) is 6. The van der Waals surface area contributed by atoms with Gasteiger partial charge in [-0.05, 0) is 62.6 Å². The van der Waals surface area contributed by atoms with E-state index in [0.29, 0.717) is 30.5 Å². The van der Waals surface area contributed by atoms with Crippen LogP contribution in [0.25, 0.3) is 11.5 Å². The van der Waals surface area contributed by atoms with E-state index in [1.54, 1.807) is 14.0 Å². The molecule has 0 saturated carbocycles. The van der Waals surface area contributed by atoms with Gasteiger partial charge >= 0.3 is 0 Å². The molecule has 28 heavy (non-hydrogen) atoms. The van der Waals surface area contributed by atoms with Crippen LogP contribution in [0.15, 0.2) is 28.7 Å². The van der Waals surface area contributed by atoms with Crippen molar-refractivity contribution in [1.82, 2.24) is 10.3 Å². The van der Waals surface area contributed by atoms with Crippen LogP contribution in [0.3, 0.4) is 0 Å². The van der Waals surface area contributed by atoms with E-state index in [1.807, 2.05) is 38.1 Å². The van der Waals surface area contributed by atoms with E-state index in [0.717, 1.165) is 17.7 Å². The highest BCUT2D eigenvalue weighted by atomic mass is 32.2. The van der Waals surface area contributed by atoms with E-state index in [2.05, 4.69) is 10.3 Å². The number of nitrogens with one attached hydrogen (secondary N) is 1. The number of methoxy groups -OCH3 is 1. The number of carbonyl (C=O) groups is 1. The van der Waals surface area contributed by atoms with Gasteiger partial charge in [0.2, 0.25) is 5.89 Å². The molecule has 7 nitrogen and oxygen atoms in total. The van der Waals surface area contributed by atoms with E-state index in [9.17, 15) is 9.35 Å². The lowest BCUT2D eigenvalue weighted by Gasteiger charge is -2.11. The van der Waals surface area contributed by atoms with E-state index in [-0.39, 0.29) is 23.5 Å². The standard InChI is InChI=1S/C20H28N2O5S/c1-14(2)26-11-5-10-21-19(23)13-28(24)12-18-15(3)27-20(22-18)16-6-8-17(25-4)9-7-16/h6-9,14H,5,10-13H2,1-4H3,(H,21,23). The van der Waals surface area contributed by atoms with Crippen molar-refractivity contribution in [3.05, 3.63) is 35.7 Å². The van der Waals surface area contributed by atoms with Gasteiger partial charge in [0.15, 0.2) is 11.5 Å². The summed E-state index contributed by atoms with van der Waals surface area (Å²) in [4.78, 5) is 16.3. The molecule has 0 aliphatic carbocycles. The lowest BCUT2D eigenvalue weighted by atomic mass is 10.2. The quantitative estimate of drug-likeness (QED) is 0.454. The largest absolute Gasteiger partial charge is 0.616 e. The first-order valence-electron chi connectivity index (χ1n) is 9.23. The highest BCUT2D eigenvalue weighted by molar-refractivity contribution is 7.91. The van der Waals surface area contributed by atoms with Crippen molar-refractivity contribution in [3.63, 3.8) is 0 Å². The average Bonchev–Trinajstić information content (AvgIpc) is 3.01. The number of carbonyl (C=O) groups excluding carboxylic acids is 1. The molecule has 0 aliphatic heterocycles. The van der Waals surface area contributed by atoms with Crippen molar-refractivity contribution in [3.8, 4) is 17.2 Å².